The molecule has 1 saturated carbocycles. The maximum Gasteiger partial charge on any atom is 0.0872 e. The van der Waals surface area contributed by atoms with Gasteiger partial charge in [0.15, 0.2) is 0 Å². The molecule has 1 aromatic heterocycles. The third kappa shape index (κ3) is 2.59. The van der Waals surface area contributed by atoms with E-state index < -0.39 is 5.60 Å². The Bertz CT molecular complexity index is 399. The van der Waals surface area contributed by atoms with E-state index in [0.717, 1.165) is 25.3 Å². The zero-order valence-electron chi connectivity index (χ0n) is 11.2. The summed E-state index contributed by atoms with van der Waals surface area (Å²) < 4.78 is 2.16. The first kappa shape index (κ1) is 12.2. The minimum absolute atomic E-state index is 0.480. The lowest BCUT2D eigenvalue weighted by Crippen LogP contribution is -2.59. The summed E-state index contributed by atoms with van der Waals surface area (Å²) in [5.74, 6) is 0. The maximum atomic E-state index is 9.70. The molecule has 1 aliphatic heterocycles. The molecule has 4 heteroatoms. The number of hydrogen-bond donors (Lipinski definition) is 1. The second kappa shape index (κ2) is 4.67. The fraction of sp³-hybridized carbons (Fsp3) is 0.786. The molecule has 1 aromatic rings. The minimum Gasteiger partial charge on any atom is -0.388 e. The number of rotatable bonds is 3. The first-order chi connectivity index (χ1) is 8.62. The Hall–Kier alpha value is -0.870. The molecule has 1 N–H and O–H groups in total. The Morgan fingerprint density at radius 3 is 2.72 bits per heavy atom. The predicted octanol–water partition coefficient (Wildman–Crippen LogP) is 1.95. The summed E-state index contributed by atoms with van der Waals surface area (Å²) in [6.45, 7) is 4.30. The highest BCUT2D eigenvalue weighted by Crippen LogP contribution is 2.28. The van der Waals surface area contributed by atoms with E-state index >= 15 is 0 Å². The van der Waals surface area contributed by atoms with Gasteiger partial charge in [-0.25, -0.2) is 0 Å². The molecule has 0 bridgehead atoms. The number of aromatic nitrogens is 2. The summed E-state index contributed by atoms with van der Waals surface area (Å²) in [6.07, 6.45) is 8.75. The summed E-state index contributed by atoms with van der Waals surface area (Å²) in [5, 5.41) is 14.4. The number of β-amino-alcohol motifs (C(OH)–C–C–N with tert-alkyl or cyclic N) is 1. The van der Waals surface area contributed by atoms with Crippen molar-refractivity contribution in [3.8, 4) is 0 Å². The van der Waals surface area contributed by atoms with Crippen molar-refractivity contribution in [1.82, 2.24) is 14.7 Å². The molecule has 0 spiro atoms. The van der Waals surface area contributed by atoms with Gasteiger partial charge >= 0.3 is 0 Å². The highest BCUT2D eigenvalue weighted by Gasteiger charge is 2.36. The Labute approximate surface area is 109 Å². The molecule has 2 heterocycles. The van der Waals surface area contributed by atoms with Crippen molar-refractivity contribution in [2.45, 2.75) is 57.2 Å². The quantitative estimate of drug-likeness (QED) is 0.890. The van der Waals surface area contributed by atoms with Gasteiger partial charge in [-0.1, -0.05) is 19.3 Å². The summed E-state index contributed by atoms with van der Waals surface area (Å²) in [7, 11) is 0. The van der Waals surface area contributed by atoms with E-state index in [1.54, 1.807) is 0 Å². The third-order valence-corrected chi connectivity index (χ3v) is 4.13. The molecule has 18 heavy (non-hydrogen) atoms. The number of likely N-dealkylation sites (tertiary alicyclic amines) is 1. The van der Waals surface area contributed by atoms with Gasteiger partial charge in [0.25, 0.3) is 0 Å². The van der Waals surface area contributed by atoms with Crippen molar-refractivity contribution >= 4 is 0 Å². The average Bonchev–Trinajstić information content (AvgIpc) is 2.76. The molecule has 0 atom stereocenters. The van der Waals surface area contributed by atoms with Crippen LogP contribution in [0.3, 0.4) is 0 Å². The smallest absolute Gasteiger partial charge is 0.0872 e. The zero-order valence-corrected chi connectivity index (χ0v) is 11.2. The number of hydrogen-bond acceptors (Lipinski definition) is 3. The van der Waals surface area contributed by atoms with Crippen LogP contribution in [-0.4, -0.2) is 38.5 Å². The van der Waals surface area contributed by atoms with Crippen LogP contribution in [0.4, 0.5) is 0 Å². The second-order valence-electron chi connectivity index (χ2n) is 6.22. The Balaban J connectivity index is 1.56. The molecule has 1 saturated heterocycles. The van der Waals surface area contributed by atoms with E-state index in [-0.39, 0.29) is 0 Å². The predicted molar refractivity (Wildman–Crippen MR) is 70.2 cm³/mol. The molecule has 2 aliphatic rings. The van der Waals surface area contributed by atoms with E-state index in [2.05, 4.69) is 21.8 Å². The van der Waals surface area contributed by atoms with Crippen LogP contribution in [0.15, 0.2) is 12.3 Å². The fourth-order valence-electron chi connectivity index (χ4n) is 3.27. The lowest BCUT2D eigenvalue weighted by atomic mass is 9.96. The largest absolute Gasteiger partial charge is 0.388 e. The van der Waals surface area contributed by atoms with Crippen molar-refractivity contribution in [3.63, 3.8) is 0 Å². The number of aliphatic hydroxyl groups is 1. The topological polar surface area (TPSA) is 41.3 Å². The lowest BCUT2D eigenvalue weighted by Gasteiger charge is -2.43. The Kier molecular flexibility index (Phi) is 3.16. The first-order valence-corrected chi connectivity index (χ1v) is 7.11. The molecule has 0 unspecified atom stereocenters. The van der Waals surface area contributed by atoms with Gasteiger partial charge in [-0.05, 0) is 25.8 Å². The molecule has 0 aromatic carbocycles. The maximum absolute atomic E-state index is 9.70. The Morgan fingerprint density at radius 2 is 2.06 bits per heavy atom. The van der Waals surface area contributed by atoms with Crippen molar-refractivity contribution in [2.24, 2.45) is 0 Å². The van der Waals surface area contributed by atoms with Gasteiger partial charge in [-0.3, -0.25) is 9.58 Å². The molecule has 0 amide bonds. The van der Waals surface area contributed by atoms with Gasteiger partial charge in [-0.2, -0.15) is 5.10 Å². The lowest BCUT2D eigenvalue weighted by molar-refractivity contribution is -0.0876. The van der Waals surface area contributed by atoms with E-state index in [9.17, 15) is 5.11 Å². The van der Waals surface area contributed by atoms with Crippen molar-refractivity contribution < 1.29 is 5.11 Å². The monoisotopic (exact) mass is 249 g/mol. The molecule has 100 valence electrons. The normalized spacial score (nSPS) is 25.0. The molecular formula is C14H23N3O. The summed E-state index contributed by atoms with van der Waals surface area (Å²) in [6, 6.07) is 2.74. The molecule has 0 radical (unpaired) electrons. The van der Waals surface area contributed by atoms with Crippen molar-refractivity contribution in [3.05, 3.63) is 18.0 Å². The summed E-state index contributed by atoms with van der Waals surface area (Å²) in [4.78, 5) is 2.24. The van der Waals surface area contributed by atoms with Gasteiger partial charge in [-0.15, -0.1) is 0 Å². The molecular weight excluding hydrogens is 226 g/mol. The zero-order chi connectivity index (χ0) is 12.6. The average molecular weight is 249 g/mol. The summed E-state index contributed by atoms with van der Waals surface area (Å²) in [5.41, 5.74) is 0.655. The highest BCUT2D eigenvalue weighted by molar-refractivity contribution is 5.03. The van der Waals surface area contributed by atoms with Crippen LogP contribution < -0.4 is 0 Å². The van der Waals surface area contributed by atoms with Crippen LogP contribution in [0.5, 0.6) is 0 Å². The van der Waals surface area contributed by atoms with Crippen molar-refractivity contribution in [2.75, 3.05) is 13.1 Å². The van der Waals surface area contributed by atoms with E-state index in [4.69, 9.17) is 5.10 Å². The van der Waals surface area contributed by atoms with Crippen LogP contribution in [0.2, 0.25) is 0 Å². The van der Waals surface area contributed by atoms with Gasteiger partial charge in [0.2, 0.25) is 0 Å². The van der Waals surface area contributed by atoms with Crippen LogP contribution in [0, 0.1) is 0 Å². The van der Waals surface area contributed by atoms with Crippen LogP contribution in [0.25, 0.3) is 0 Å². The SMILES string of the molecule is CC1(O)CN(Cc2ccn(C3CCCCC3)n2)C1. The van der Waals surface area contributed by atoms with E-state index in [1.807, 2.05) is 6.92 Å². The van der Waals surface area contributed by atoms with Crippen LogP contribution in [-0.2, 0) is 6.54 Å². The molecule has 2 fully saturated rings. The second-order valence-corrected chi connectivity index (χ2v) is 6.22. The number of nitrogens with zero attached hydrogens (tertiary/aromatic N) is 3. The van der Waals surface area contributed by atoms with Crippen LogP contribution >= 0.6 is 0 Å². The summed E-state index contributed by atoms with van der Waals surface area (Å²) >= 11 is 0. The van der Waals surface area contributed by atoms with Gasteiger partial charge in [0, 0.05) is 25.8 Å². The van der Waals surface area contributed by atoms with Gasteiger partial charge < -0.3 is 5.11 Å². The van der Waals surface area contributed by atoms with Gasteiger partial charge in [0.05, 0.1) is 17.3 Å². The Morgan fingerprint density at radius 1 is 1.33 bits per heavy atom. The van der Waals surface area contributed by atoms with E-state index in [0.29, 0.717) is 6.04 Å². The van der Waals surface area contributed by atoms with E-state index in [1.165, 1.54) is 32.1 Å². The third-order valence-electron chi connectivity index (χ3n) is 4.13. The molecule has 3 rings (SSSR count). The first-order valence-electron chi connectivity index (χ1n) is 7.11. The fourth-order valence-corrected chi connectivity index (χ4v) is 3.27. The standard InChI is InChI=1S/C14H23N3O/c1-14(18)10-16(11-14)9-12-7-8-17(15-12)13-5-3-2-4-6-13/h7-8,13,18H,2-6,9-11H2,1H3. The highest BCUT2D eigenvalue weighted by atomic mass is 16.3. The molecule has 1 aliphatic carbocycles. The van der Waals surface area contributed by atoms with Crippen LogP contribution in [0.1, 0.15) is 50.8 Å². The van der Waals surface area contributed by atoms with Crippen molar-refractivity contribution in [1.29, 1.82) is 0 Å². The minimum atomic E-state index is -0.480. The molecule has 4 nitrogen and oxygen atoms in total. The van der Waals surface area contributed by atoms with Gasteiger partial charge in [0.1, 0.15) is 0 Å².